The van der Waals surface area contributed by atoms with E-state index in [1.54, 1.807) is 6.07 Å². The molecule has 0 saturated carbocycles. The van der Waals surface area contributed by atoms with Gasteiger partial charge >= 0.3 is 0 Å². The Labute approximate surface area is 99.5 Å². The number of nitrogens with two attached hydrogens (primary N) is 1. The number of hydrogen-bond acceptors (Lipinski definition) is 5. The lowest BCUT2D eigenvalue weighted by molar-refractivity contribution is 0.0869. The quantitative estimate of drug-likeness (QED) is 0.762. The third-order valence-electron chi connectivity index (χ3n) is 2.58. The molecule has 1 aliphatic rings. The SMILES string of the molecule is NCCCCN1C(=O)c2cccnc2S1(=O)=O. The fraction of sp³-hybridized carbons (Fsp3) is 0.400. The Bertz CT molecular complexity index is 541. The molecule has 0 bridgehead atoms. The lowest BCUT2D eigenvalue weighted by atomic mass is 10.2. The average Bonchev–Trinajstić information content (AvgIpc) is 2.51. The van der Waals surface area contributed by atoms with Crippen LogP contribution in [-0.2, 0) is 10.0 Å². The number of fused-ring (bicyclic) bond motifs is 1. The zero-order chi connectivity index (χ0) is 12.5. The van der Waals surface area contributed by atoms with Crippen LogP contribution in [-0.4, -0.2) is 36.7 Å². The van der Waals surface area contributed by atoms with Crippen molar-refractivity contribution in [2.75, 3.05) is 13.1 Å². The molecule has 1 amide bonds. The number of hydrogen-bond donors (Lipinski definition) is 1. The summed E-state index contributed by atoms with van der Waals surface area (Å²) in [6, 6.07) is 3.03. The number of sulfonamides is 1. The van der Waals surface area contributed by atoms with Gasteiger partial charge in [0.05, 0.1) is 5.56 Å². The highest BCUT2D eigenvalue weighted by molar-refractivity contribution is 7.90. The first-order valence-electron chi connectivity index (χ1n) is 5.31. The van der Waals surface area contributed by atoms with Crippen LogP contribution in [0, 0.1) is 0 Å². The first-order valence-corrected chi connectivity index (χ1v) is 6.75. The summed E-state index contributed by atoms with van der Waals surface area (Å²) in [5.41, 5.74) is 5.49. The minimum Gasteiger partial charge on any atom is -0.330 e. The van der Waals surface area contributed by atoms with Gasteiger partial charge in [0.2, 0.25) is 0 Å². The number of nitrogens with zero attached hydrogens (tertiary/aromatic N) is 2. The molecule has 1 aliphatic heterocycles. The van der Waals surface area contributed by atoms with Crippen LogP contribution >= 0.6 is 0 Å². The van der Waals surface area contributed by atoms with Gasteiger partial charge < -0.3 is 5.73 Å². The summed E-state index contributed by atoms with van der Waals surface area (Å²) < 4.78 is 24.9. The molecule has 0 aliphatic carbocycles. The molecule has 2 N–H and O–H groups in total. The molecule has 0 spiro atoms. The number of pyridine rings is 1. The Morgan fingerprint density at radius 2 is 2.12 bits per heavy atom. The standard InChI is InChI=1S/C10H13N3O3S/c11-5-1-2-7-13-10(14)8-4-3-6-12-9(8)17(13,15)16/h3-4,6H,1-2,5,7,11H2. The highest BCUT2D eigenvalue weighted by Crippen LogP contribution is 2.27. The second-order valence-electron chi connectivity index (χ2n) is 3.73. The van der Waals surface area contributed by atoms with E-state index in [2.05, 4.69) is 4.98 Å². The van der Waals surface area contributed by atoms with E-state index in [0.29, 0.717) is 19.4 Å². The third-order valence-corrected chi connectivity index (χ3v) is 4.32. The third kappa shape index (κ3) is 1.91. The van der Waals surface area contributed by atoms with E-state index in [9.17, 15) is 13.2 Å². The highest BCUT2D eigenvalue weighted by atomic mass is 32.2. The average molecular weight is 255 g/mol. The summed E-state index contributed by atoms with van der Waals surface area (Å²) in [6.45, 7) is 0.641. The smallest absolute Gasteiger partial charge is 0.285 e. The largest absolute Gasteiger partial charge is 0.330 e. The lowest BCUT2D eigenvalue weighted by Crippen LogP contribution is -2.31. The Hall–Kier alpha value is -1.47. The first-order chi connectivity index (χ1) is 8.09. The van der Waals surface area contributed by atoms with Gasteiger partial charge in [0.25, 0.3) is 15.9 Å². The van der Waals surface area contributed by atoms with Crippen LogP contribution < -0.4 is 5.73 Å². The van der Waals surface area contributed by atoms with E-state index in [0.717, 1.165) is 4.31 Å². The van der Waals surface area contributed by atoms with Crippen molar-refractivity contribution in [1.29, 1.82) is 0 Å². The molecule has 1 aromatic heterocycles. The molecule has 0 fully saturated rings. The Morgan fingerprint density at radius 1 is 1.35 bits per heavy atom. The Morgan fingerprint density at radius 3 is 2.76 bits per heavy atom. The maximum absolute atomic E-state index is 12.0. The number of carbonyl (C=O) groups excluding carboxylic acids is 1. The van der Waals surface area contributed by atoms with Crippen LogP contribution in [0.3, 0.4) is 0 Å². The van der Waals surface area contributed by atoms with Crippen LogP contribution in [0.15, 0.2) is 23.4 Å². The molecular weight excluding hydrogens is 242 g/mol. The number of rotatable bonds is 4. The van der Waals surface area contributed by atoms with Crippen molar-refractivity contribution in [1.82, 2.24) is 9.29 Å². The molecule has 1 aromatic rings. The van der Waals surface area contributed by atoms with Gasteiger partial charge in [0, 0.05) is 12.7 Å². The van der Waals surface area contributed by atoms with Gasteiger partial charge in [-0.15, -0.1) is 0 Å². The minimum atomic E-state index is -3.74. The monoisotopic (exact) mass is 255 g/mol. The van der Waals surface area contributed by atoms with Crippen LogP contribution in [0.5, 0.6) is 0 Å². The van der Waals surface area contributed by atoms with Gasteiger partial charge in [-0.3, -0.25) is 4.79 Å². The van der Waals surface area contributed by atoms with Gasteiger partial charge in [-0.25, -0.2) is 9.29 Å². The zero-order valence-electron chi connectivity index (χ0n) is 9.17. The summed E-state index contributed by atoms with van der Waals surface area (Å²) in [5.74, 6) is -0.495. The van der Waals surface area contributed by atoms with Crippen LogP contribution in [0.4, 0.5) is 0 Å². The number of unbranched alkanes of at least 4 members (excludes halogenated alkanes) is 1. The number of carbonyl (C=O) groups is 1. The normalized spacial score (nSPS) is 17.2. The van der Waals surface area contributed by atoms with E-state index in [1.807, 2.05) is 0 Å². The topological polar surface area (TPSA) is 93.4 Å². The highest BCUT2D eigenvalue weighted by Gasteiger charge is 2.41. The molecule has 2 rings (SSSR count). The summed E-state index contributed by atoms with van der Waals surface area (Å²) in [4.78, 5) is 15.6. The van der Waals surface area contributed by atoms with Crippen molar-refractivity contribution in [2.24, 2.45) is 5.73 Å². The van der Waals surface area contributed by atoms with Gasteiger partial charge in [-0.1, -0.05) is 0 Å². The van der Waals surface area contributed by atoms with Crippen LogP contribution in [0.1, 0.15) is 23.2 Å². The molecule has 7 heteroatoms. The summed E-state index contributed by atoms with van der Waals surface area (Å²) in [5, 5.41) is -0.141. The molecule has 17 heavy (non-hydrogen) atoms. The minimum absolute atomic E-state index is 0.141. The van der Waals surface area contributed by atoms with Crippen molar-refractivity contribution in [2.45, 2.75) is 17.9 Å². The molecular formula is C10H13N3O3S. The Kier molecular flexibility index (Phi) is 3.12. The van der Waals surface area contributed by atoms with Gasteiger partial charge in [-0.05, 0) is 31.5 Å². The second kappa shape index (κ2) is 4.42. The maximum atomic E-state index is 12.0. The first kappa shape index (κ1) is 12.0. The van der Waals surface area contributed by atoms with Gasteiger partial charge in [0.15, 0.2) is 5.03 Å². The van der Waals surface area contributed by atoms with Gasteiger partial charge in [0.1, 0.15) is 0 Å². The molecule has 6 nitrogen and oxygen atoms in total. The molecule has 92 valence electrons. The van der Waals surface area contributed by atoms with Crippen LogP contribution in [0.25, 0.3) is 0 Å². The molecule has 0 radical (unpaired) electrons. The van der Waals surface area contributed by atoms with Crippen molar-refractivity contribution in [3.63, 3.8) is 0 Å². The molecule has 0 atom stereocenters. The second-order valence-corrected chi connectivity index (χ2v) is 5.51. The van der Waals surface area contributed by atoms with E-state index in [1.165, 1.54) is 12.3 Å². The summed E-state index contributed by atoms with van der Waals surface area (Å²) in [6.07, 6.45) is 2.62. The predicted octanol–water partition coefficient (Wildman–Crippen LogP) is -0.0350. The lowest BCUT2D eigenvalue weighted by Gasteiger charge is -2.13. The van der Waals surface area contributed by atoms with E-state index < -0.39 is 15.9 Å². The van der Waals surface area contributed by atoms with E-state index in [-0.39, 0.29) is 17.1 Å². The summed E-state index contributed by atoms with van der Waals surface area (Å²) in [7, 11) is -3.74. The van der Waals surface area contributed by atoms with E-state index in [4.69, 9.17) is 5.73 Å². The van der Waals surface area contributed by atoms with E-state index >= 15 is 0 Å². The molecule has 2 heterocycles. The zero-order valence-corrected chi connectivity index (χ0v) is 9.98. The van der Waals surface area contributed by atoms with Crippen molar-refractivity contribution < 1.29 is 13.2 Å². The number of aromatic nitrogens is 1. The maximum Gasteiger partial charge on any atom is 0.285 e. The van der Waals surface area contributed by atoms with Crippen molar-refractivity contribution in [3.8, 4) is 0 Å². The van der Waals surface area contributed by atoms with Crippen molar-refractivity contribution >= 4 is 15.9 Å². The van der Waals surface area contributed by atoms with Crippen molar-refractivity contribution in [3.05, 3.63) is 23.9 Å². The van der Waals surface area contributed by atoms with Gasteiger partial charge in [-0.2, -0.15) is 8.42 Å². The Balaban J connectivity index is 2.31. The predicted molar refractivity (Wildman–Crippen MR) is 60.7 cm³/mol. The molecule has 0 unspecified atom stereocenters. The fourth-order valence-corrected chi connectivity index (χ4v) is 3.25. The molecule has 0 aromatic carbocycles. The number of amides is 1. The molecule has 0 saturated heterocycles. The van der Waals surface area contributed by atoms with Crippen LogP contribution in [0.2, 0.25) is 0 Å². The summed E-state index contributed by atoms with van der Waals surface area (Å²) >= 11 is 0. The fourth-order valence-electron chi connectivity index (χ4n) is 1.73.